The van der Waals surface area contributed by atoms with Crippen molar-refractivity contribution in [3.63, 3.8) is 0 Å². The van der Waals surface area contributed by atoms with Crippen LogP contribution in [0.25, 0.3) is 0 Å². The molecule has 8 heteroatoms. The van der Waals surface area contributed by atoms with Crippen molar-refractivity contribution in [2.75, 3.05) is 13.1 Å². The normalized spacial score (nSPS) is 15.1. The molecule has 0 unspecified atom stereocenters. The maximum atomic E-state index is 13.4. The van der Waals surface area contributed by atoms with E-state index < -0.39 is 10.0 Å². The van der Waals surface area contributed by atoms with Crippen LogP contribution in [0.1, 0.15) is 33.6 Å². The molecular formula is C24H25FN2O3S2. The summed E-state index contributed by atoms with van der Waals surface area (Å²) >= 11 is 1.48. The van der Waals surface area contributed by atoms with Crippen molar-refractivity contribution < 1.29 is 17.6 Å². The molecule has 0 spiro atoms. The van der Waals surface area contributed by atoms with Crippen LogP contribution in [-0.4, -0.2) is 32.3 Å². The minimum Gasteiger partial charge on any atom is -0.339 e. The third-order valence-corrected chi connectivity index (χ3v) is 8.00. The number of thiophene rings is 1. The molecule has 0 atom stereocenters. The Morgan fingerprint density at radius 2 is 1.84 bits per heavy atom. The lowest BCUT2D eigenvalue weighted by Gasteiger charge is -2.32. The molecule has 0 saturated carbocycles. The summed E-state index contributed by atoms with van der Waals surface area (Å²) in [6.45, 7) is 1.43. The predicted molar refractivity (Wildman–Crippen MR) is 124 cm³/mol. The van der Waals surface area contributed by atoms with Gasteiger partial charge in [-0.1, -0.05) is 24.3 Å². The molecule has 1 saturated heterocycles. The number of rotatable bonds is 7. The number of piperidine rings is 1. The third-order valence-electron chi connectivity index (χ3n) is 5.72. The summed E-state index contributed by atoms with van der Waals surface area (Å²) in [6.07, 6.45) is 2.47. The van der Waals surface area contributed by atoms with Gasteiger partial charge < -0.3 is 4.90 Å². The summed E-state index contributed by atoms with van der Waals surface area (Å²) in [6, 6.07) is 16.6. The fourth-order valence-electron chi connectivity index (χ4n) is 3.98. The Morgan fingerprint density at radius 1 is 1.06 bits per heavy atom. The van der Waals surface area contributed by atoms with E-state index in [1.807, 2.05) is 23.6 Å². The van der Waals surface area contributed by atoms with Crippen LogP contribution in [0.4, 0.5) is 4.39 Å². The Kier molecular flexibility index (Phi) is 7.03. The van der Waals surface area contributed by atoms with Gasteiger partial charge in [-0.3, -0.25) is 4.79 Å². The molecular weight excluding hydrogens is 447 g/mol. The smallest absolute Gasteiger partial charge is 0.253 e. The van der Waals surface area contributed by atoms with Gasteiger partial charge in [0.1, 0.15) is 5.82 Å². The van der Waals surface area contributed by atoms with Gasteiger partial charge in [0.05, 0.1) is 4.90 Å². The Labute approximate surface area is 191 Å². The van der Waals surface area contributed by atoms with Crippen molar-refractivity contribution in [2.24, 2.45) is 5.92 Å². The van der Waals surface area contributed by atoms with Crippen molar-refractivity contribution in [1.29, 1.82) is 0 Å². The van der Waals surface area contributed by atoms with Crippen LogP contribution in [0, 0.1) is 11.7 Å². The number of sulfonamides is 1. The number of nitrogens with one attached hydrogen (secondary N) is 1. The number of nitrogens with zero attached hydrogens (tertiary/aromatic N) is 1. The SMILES string of the molecule is O=C(c1cccc(S(=O)(=O)NCc2cccs2)c1)N1CCC(Cc2cccc(F)c2)CC1. The molecule has 1 aliphatic rings. The summed E-state index contributed by atoms with van der Waals surface area (Å²) < 4.78 is 41.3. The Hall–Kier alpha value is -2.55. The molecule has 1 aliphatic heterocycles. The predicted octanol–water partition coefficient (Wildman–Crippen LogP) is 4.46. The zero-order valence-corrected chi connectivity index (χ0v) is 19.2. The molecule has 168 valence electrons. The average molecular weight is 473 g/mol. The zero-order valence-electron chi connectivity index (χ0n) is 17.5. The zero-order chi connectivity index (χ0) is 22.6. The summed E-state index contributed by atoms with van der Waals surface area (Å²) in [4.78, 5) is 15.8. The highest BCUT2D eigenvalue weighted by molar-refractivity contribution is 7.89. The summed E-state index contributed by atoms with van der Waals surface area (Å²) in [5.41, 5.74) is 1.34. The molecule has 1 N–H and O–H groups in total. The van der Waals surface area contributed by atoms with E-state index in [9.17, 15) is 17.6 Å². The summed E-state index contributed by atoms with van der Waals surface area (Å²) in [5, 5.41) is 1.89. The van der Waals surface area contributed by atoms with Gasteiger partial charge in [0.25, 0.3) is 5.91 Å². The Balaban J connectivity index is 1.36. The molecule has 0 bridgehead atoms. The van der Waals surface area contributed by atoms with Crippen molar-refractivity contribution >= 4 is 27.3 Å². The quantitative estimate of drug-likeness (QED) is 0.552. The number of amides is 1. The molecule has 0 aliphatic carbocycles. The van der Waals surface area contributed by atoms with E-state index in [0.29, 0.717) is 24.6 Å². The van der Waals surface area contributed by atoms with Crippen molar-refractivity contribution in [1.82, 2.24) is 9.62 Å². The number of benzene rings is 2. The second-order valence-electron chi connectivity index (χ2n) is 8.00. The van der Waals surface area contributed by atoms with Crippen LogP contribution in [0.2, 0.25) is 0 Å². The van der Waals surface area contributed by atoms with E-state index in [-0.39, 0.29) is 23.2 Å². The molecule has 2 heterocycles. The van der Waals surface area contributed by atoms with Gasteiger partial charge >= 0.3 is 0 Å². The summed E-state index contributed by atoms with van der Waals surface area (Å²) in [7, 11) is -3.71. The molecule has 2 aromatic carbocycles. The minimum atomic E-state index is -3.71. The average Bonchev–Trinajstić information content (AvgIpc) is 3.32. The topological polar surface area (TPSA) is 66.5 Å². The number of halogens is 1. The maximum Gasteiger partial charge on any atom is 0.253 e. The molecule has 1 amide bonds. The minimum absolute atomic E-state index is 0.0842. The first-order valence-electron chi connectivity index (χ1n) is 10.6. The van der Waals surface area contributed by atoms with Gasteiger partial charge in [-0.25, -0.2) is 17.5 Å². The molecule has 4 rings (SSSR count). The molecule has 5 nitrogen and oxygen atoms in total. The van der Waals surface area contributed by atoms with Crippen molar-refractivity contribution in [2.45, 2.75) is 30.7 Å². The lowest BCUT2D eigenvalue weighted by molar-refractivity contribution is 0.0690. The van der Waals surface area contributed by atoms with Crippen molar-refractivity contribution in [3.8, 4) is 0 Å². The second-order valence-corrected chi connectivity index (χ2v) is 10.8. The first-order chi connectivity index (χ1) is 15.4. The van der Waals surface area contributed by atoms with E-state index >= 15 is 0 Å². The van der Waals surface area contributed by atoms with E-state index in [1.165, 1.54) is 29.5 Å². The van der Waals surface area contributed by atoms with Crippen LogP contribution >= 0.6 is 11.3 Å². The van der Waals surface area contributed by atoms with E-state index in [4.69, 9.17) is 0 Å². The highest BCUT2D eigenvalue weighted by atomic mass is 32.2. The van der Waals surface area contributed by atoms with Crippen LogP contribution in [0.3, 0.4) is 0 Å². The van der Waals surface area contributed by atoms with Crippen LogP contribution < -0.4 is 4.72 Å². The van der Waals surface area contributed by atoms with Crippen LogP contribution in [-0.2, 0) is 23.0 Å². The molecule has 3 aromatic rings. The summed E-state index contributed by atoms with van der Waals surface area (Å²) in [5.74, 6) is 0.00773. The monoisotopic (exact) mass is 472 g/mol. The molecule has 0 radical (unpaired) electrons. The third kappa shape index (κ3) is 5.62. The largest absolute Gasteiger partial charge is 0.339 e. The van der Waals surface area contributed by atoms with Crippen LogP contribution in [0.5, 0.6) is 0 Å². The van der Waals surface area contributed by atoms with Gasteiger partial charge in [-0.05, 0) is 72.5 Å². The van der Waals surface area contributed by atoms with Gasteiger partial charge in [-0.15, -0.1) is 11.3 Å². The van der Waals surface area contributed by atoms with Gasteiger partial charge in [0.2, 0.25) is 10.0 Å². The standard InChI is InChI=1S/C24H25FN2O3S2/c25-21-6-1-4-19(15-21)14-18-9-11-27(12-10-18)24(28)20-5-2-8-23(16-20)32(29,30)26-17-22-7-3-13-31-22/h1-8,13,15-16,18,26H,9-12,14,17H2. The first kappa shape index (κ1) is 22.6. The molecule has 1 fully saturated rings. The van der Waals surface area contributed by atoms with Gasteiger partial charge in [-0.2, -0.15) is 0 Å². The van der Waals surface area contributed by atoms with Gasteiger partial charge in [0.15, 0.2) is 0 Å². The van der Waals surface area contributed by atoms with E-state index in [2.05, 4.69) is 4.72 Å². The number of hydrogen-bond donors (Lipinski definition) is 1. The Morgan fingerprint density at radius 3 is 2.56 bits per heavy atom. The molecule has 32 heavy (non-hydrogen) atoms. The number of hydrogen-bond acceptors (Lipinski definition) is 4. The highest BCUT2D eigenvalue weighted by Crippen LogP contribution is 2.24. The number of carbonyl (C=O) groups excluding carboxylic acids is 1. The van der Waals surface area contributed by atoms with Crippen LogP contribution in [0.15, 0.2) is 70.9 Å². The lowest BCUT2D eigenvalue weighted by atomic mass is 9.90. The second kappa shape index (κ2) is 9.94. The first-order valence-corrected chi connectivity index (χ1v) is 12.9. The van der Waals surface area contributed by atoms with Gasteiger partial charge in [0, 0.05) is 30.1 Å². The van der Waals surface area contributed by atoms with E-state index in [0.717, 1.165) is 29.7 Å². The lowest BCUT2D eigenvalue weighted by Crippen LogP contribution is -2.39. The highest BCUT2D eigenvalue weighted by Gasteiger charge is 2.25. The van der Waals surface area contributed by atoms with E-state index in [1.54, 1.807) is 29.2 Å². The fraction of sp³-hybridized carbons (Fsp3) is 0.292. The maximum absolute atomic E-state index is 13.4. The van der Waals surface area contributed by atoms with Crippen molar-refractivity contribution in [3.05, 3.63) is 87.9 Å². The number of likely N-dealkylation sites (tertiary alicyclic amines) is 1. The molecule has 1 aromatic heterocycles. The fourth-order valence-corrected chi connectivity index (χ4v) is 5.77. The number of carbonyl (C=O) groups is 1. The Bertz CT molecular complexity index is 1170.